The molecule has 0 unspecified atom stereocenters. The topological polar surface area (TPSA) is 18.5 Å². The average molecular weight is 447 g/mol. The van der Waals surface area contributed by atoms with E-state index in [0.717, 1.165) is 49.4 Å². The molecule has 0 bridgehead atoms. The van der Waals surface area contributed by atoms with E-state index in [1.54, 1.807) is 0 Å². The van der Waals surface area contributed by atoms with E-state index in [4.69, 9.17) is 9.47 Å². The van der Waals surface area contributed by atoms with Gasteiger partial charge in [-0.05, 0) is 99.0 Å². The third-order valence-corrected chi connectivity index (χ3v) is 8.79. The molecule has 0 saturated heterocycles. The van der Waals surface area contributed by atoms with E-state index in [-0.39, 0.29) is 11.5 Å². The second-order valence-electron chi connectivity index (χ2n) is 11.3. The molecule has 0 N–H and O–H groups in total. The fourth-order valence-corrected chi connectivity index (χ4v) is 6.09. The van der Waals surface area contributed by atoms with Crippen molar-refractivity contribution in [2.24, 2.45) is 35.5 Å². The van der Waals surface area contributed by atoms with Crippen molar-refractivity contribution < 1.29 is 18.3 Å². The number of ether oxygens (including phenoxy) is 2. The van der Waals surface area contributed by atoms with E-state index in [0.29, 0.717) is 25.0 Å². The first kappa shape index (κ1) is 22.5. The van der Waals surface area contributed by atoms with Gasteiger partial charge in [0.2, 0.25) is 11.6 Å². The summed E-state index contributed by atoms with van der Waals surface area (Å²) in [6, 6.07) is 3.03. The SMILES string of the molecule is Fc1c(OCC2CC2)ccc(OCC2CCC(C3CCC(CCC4CC4)CC3)CC2)c1F. The van der Waals surface area contributed by atoms with Crippen molar-refractivity contribution in [3.8, 4) is 11.5 Å². The first-order valence-corrected chi connectivity index (χ1v) is 13.4. The predicted molar refractivity (Wildman–Crippen MR) is 123 cm³/mol. The maximum absolute atomic E-state index is 14.4. The van der Waals surface area contributed by atoms with Crippen LogP contribution in [0.5, 0.6) is 11.5 Å². The molecule has 0 aliphatic heterocycles. The van der Waals surface area contributed by atoms with Crippen LogP contribution in [0.3, 0.4) is 0 Å². The Hall–Kier alpha value is -1.32. The van der Waals surface area contributed by atoms with Crippen molar-refractivity contribution in [2.45, 2.75) is 89.9 Å². The summed E-state index contributed by atoms with van der Waals surface area (Å²) in [6.07, 6.45) is 18.8. The molecule has 2 nitrogen and oxygen atoms in total. The van der Waals surface area contributed by atoms with E-state index >= 15 is 0 Å². The fourth-order valence-electron chi connectivity index (χ4n) is 6.09. The highest BCUT2D eigenvalue weighted by Crippen LogP contribution is 2.44. The maximum Gasteiger partial charge on any atom is 0.204 e. The van der Waals surface area contributed by atoms with Gasteiger partial charge in [-0.3, -0.25) is 0 Å². The highest BCUT2D eigenvalue weighted by Gasteiger charge is 2.32. The molecule has 0 atom stereocenters. The zero-order valence-corrected chi connectivity index (χ0v) is 19.5. The zero-order chi connectivity index (χ0) is 21.9. The van der Waals surface area contributed by atoms with Gasteiger partial charge in [0.15, 0.2) is 11.5 Å². The molecule has 5 rings (SSSR count). The lowest BCUT2D eigenvalue weighted by Gasteiger charge is -2.38. The number of rotatable bonds is 10. The summed E-state index contributed by atoms with van der Waals surface area (Å²) in [4.78, 5) is 0. The van der Waals surface area contributed by atoms with Gasteiger partial charge in [-0.2, -0.15) is 8.78 Å². The van der Waals surface area contributed by atoms with Crippen LogP contribution in [0, 0.1) is 47.1 Å². The molecule has 4 aliphatic rings. The van der Waals surface area contributed by atoms with Gasteiger partial charge in [0, 0.05) is 0 Å². The summed E-state index contributed by atoms with van der Waals surface area (Å²) in [6.45, 7) is 0.960. The van der Waals surface area contributed by atoms with Crippen LogP contribution in [0.2, 0.25) is 0 Å². The predicted octanol–water partition coefficient (Wildman–Crippen LogP) is 7.94. The Bertz CT molecular complexity index is 742. The first-order valence-electron chi connectivity index (χ1n) is 13.4. The highest BCUT2D eigenvalue weighted by atomic mass is 19.2. The minimum Gasteiger partial charge on any atom is -0.490 e. The Balaban J connectivity index is 1.02. The van der Waals surface area contributed by atoms with Crippen LogP contribution in [0.1, 0.15) is 89.9 Å². The molecule has 0 radical (unpaired) electrons. The van der Waals surface area contributed by atoms with Crippen molar-refractivity contribution >= 4 is 0 Å². The lowest BCUT2D eigenvalue weighted by molar-refractivity contribution is 0.119. The summed E-state index contributed by atoms with van der Waals surface area (Å²) in [5, 5.41) is 0. The van der Waals surface area contributed by atoms with Crippen LogP contribution in [0.4, 0.5) is 8.78 Å². The molecular formula is C28H40F2O2. The molecule has 4 aliphatic carbocycles. The molecule has 1 aromatic rings. The third-order valence-electron chi connectivity index (χ3n) is 8.79. The summed E-state index contributed by atoms with van der Waals surface area (Å²) >= 11 is 0. The van der Waals surface area contributed by atoms with Crippen LogP contribution in [0.15, 0.2) is 12.1 Å². The lowest BCUT2D eigenvalue weighted by Crippen LogP contribution is -2.27. The van der Waals surface area contributed by atoms with Crippen molar-refractivity contribution in [1.29, 1.82) is 0 Å². The van der Waals surface area contributed by atoms with Crippen molar-refractivity contribution in [3.05, 3.63) is 23.8 Å². The second kappa shape index (κ2) is 10.3. The smallest absolute Gasteiger partial charge is 0.204 e. The number of halogens is 2. The molecule has 0 aromatic heterocycles. The maximum atomic E-state index is 14.4. The molecule has 178 valence electrons. The van der Waals surface area contributed by atoms with Crippen LogP contribution in [-0.4, -0.2) is 13.2 Å². The van der Waals surface area contributed by atoms with Gasteiger partial charge in [0.25, 0.3) is 0 Å². The Labute approximate surface area is 192 Å². The molecular weight excluding hydrogens is 406 g/mol. The van der Waals surface area contributed by atoms with E-state index in [1.165, 1.54) is 76.3 Å². The van der Waals surface area contributed by atoms with E-state index in [9.17, 15) is 8.78 Å². The van der Waals surface area contributed by atoms with E-state index < -0.39 is 11.6 Å². The quantitative estimate of drug-likeness (QED) is 0.363. The van der Waals surface area contributed by atoms with Gasteiger partial charge in [-0.1, -0.05) is 38.5 Å². The third kappa shape index (κ3) is 5.97. The molecule has 0 heterocycles. The van der Waals surface area contributed by atoms with Gasteiger partial charge < -0.3 is 9.47 Å². The van der Waals surface area contributed by atoms with E-state index in [2.05, 4.69) is 0 Å². The summed E-state index contributed by atoms with van der Waals surface area (Å²) in [5.74, 6) is 3.02. The zero-order valence-electron chi connectivity index (χ0n) is 19.5. The number of benzene rings is 1. The normalized spacial score (nSPS) is 30.8. The lowest BCUT2D eigenvalue weighted by atomic mass is 9.69. The Morgan fingerprint density at radius 3 is 1.25 bits per heavy atom. The van der Waals surface area contributed by atoms with E-state index in [1.807, 2.05) is 0 Å². The van der Waals surface area contributed by atoms with Crippen molar-refractivity contribution in [3.63, 3.8) is 0 Å². The van der Waals surface area contributed by atoms with Gasteiger partial charge in [0.1, 0.15) is 0 Å². The Morgan fingerprint density at radius 1 is 0.531 bits per heavy atom. The number of hydrogen-bond acceptors (Lipinski definition) is 2. The van der Waals surface area contributed by atoms with Gasteiger partial charge in [0.05, 0.1) is 13.2 Å². The summed E-state index contributed by atoms with van der Waals surface area (Å²) < 4.78 is 39.9. The van der Waals surface area contributed by atoms with Crippen LogP contribution in [0.25, 0.3) is 0 Å². The Kier molecular flexibility index (Phi) is 7.23. The molecule has 0 spiro atoms. The average Bonchev–Trinajstić information content (AvgIpc) is 3.74. The number of hydrogen-bond donors (Lipinski definition) is 0. The molecule has 0 amide bonds. The monoisotopic (exact) mass is 446 g/mol. The fraction of sp³-hybridized carbons (Fsp3) is 0.786. The largest absolute Gasteiger partial charge is 0.490 e. The summed E-state index contributed by atoms with van der Waals surface area (Å²) in [5.41, 5.74) is 0. The molecule has 32 heavy (non-hydrogen) atoms. The van der Waals surface area contributed by atoms with Crippen molar-refractivity contribution in [1.82, 2.24) is 0 Å². The highest BCUT2D eigenvalue weighted by molar-refractivity contribution is 5.35. The van der Waals surface area contributed by atoms with Gasteiger partial charge in [-0.15, -0.1) is 0 Å². The molecule has 4 fully saturated rings. The first-order chi connectivity index (χ1) is 15.7. The summed E-state index contributed by atoms with van der Waals surface area (Å²) in [7, 11) is 0. The minimum atomic E-state index is -0.917. The van der Waals surface area contributed by atoms with Crippen molar-refractivity contribution in [2.75, 3.05) is 13.2 Å². The standard InChI is InChI=1S/C28H40F2O2/c29-27-25(31-17-21-5-6-21)15-16-26(28(27)30)32-18-22-9-13-24(14-10-22)23-11-7-20(8-12-23)4-3-19-1-2-19/h15-16,19-24H,1-14,17-18H2. The van der Waals surface area contributed by atoms with Gasteiger partial charge >= 0.3 is 0 Å². The molecule has 1 aromatic carbocycles. The minimum absolute atomic E-state index is 0.00418. The van der Waals surface area contributed by atoms with Crippen LogP contribution in [-0.2, 0) is 0 Å². The van der Waals surface area contributed by atoms with Crippen LogP contribution >= 0.6 is 0 Å². The van der Waals surface area contributed by atoms with Gasteiger partial charge in [-0.25, -0.2) is 0 Å². The second-order valence-corrected chi connectivity index (χ2v) is 11.3. The molecule has 4 heteroatoms. The van der Waals surface area contributed by atoms with Crippen LogP contribution < -0.4 is 9.47 Å². The molecule has 4 saturated carbocycles. The Morgan fingerprint density at radius 2 is 0.875 bits per heavy atom.